The minimum atomic E-state index is -3.47. The maximum Gasteiger partial charge on any atom is 0.301 e. The predicted molar refractivity (Wildman–Crippen MR) is 91.8 cm³/mol. The lowest BCUT2D eigenvalue weighted by atomic mass is 9.90. The van der Waals surface area contributed by atoms with E-state index in [1.807, 2.05) is 27.7 Å². The van der Waals surface area contributed by atoms with Crippen LogP contribution in [0.25, 0.3) is 0 Å². The van der Waals surface area contributed by atoms with Gasteiger partial charge in [0.25, 0.3) is 0 Å². The number of rotatable bonds is 8. The Morgan fingerprint density at radius 1 is 1.17 bits per heavy atom. The molecule has 0 fully saturated rings. The van der Waals surface area contributed by atoms with E-state index < -0.39 is 33.0 Å². The highest BCUT2D eigenvalue weighted by Gasteiger charge is 2.34. The van der Waals surface area contributed by atoms with Crippen molar-refractivity contribution in [2.45, 2.75) is 66.2 Å². The molecule has 0 aliphatic carbocycles. The van der Waals surface area contributed by atoms with Gasteiger partial charge in [-0.05, 0) is 33.1 Å². The van der Waals surface area contributed by atoms with Gasteiger partial charge < -0.3 is 4.74 Å². The summed E-state index contributed by atoms with van der Waals surface area (Å²) >= 11 is -2.43. The van der Waals surface area contributed by atoms with Crippen LogP contribution in [0.2, 0.25) is 0 Å². The lowest BCUT2D eigenvalue weighted by Gasteiger charge is -2.38. The quantitative estimate of drug-likeness (QED) is 0.654. The number of hydrogen-bond donors (Lipinski definition) is 1. The molecule has 140 valence electrons. The summed E-state index contributed by atoms with van der Waals surface area (Å²) < 4.78 is 55.6. The maximum absolute atomic E-state index is 12.1. The van der Waals surface area contributed by atoms with Gasteiger partial charge in [-0.25, -0.2) is 8.42 Å². The number of hydrogen-bond acceptors (Lipinski definition) is 5. The fourth-order valence-electron chi connectivity index (χ4n) is 1.85. The van der Waals surface area contributed by atoms with E-state index in [4.69, 9.17) is 13.5 Å². The van der Waals surface area contributed by atoms with Crippen LogP contribution in [-0.2, 0) is 30.3 Å². The van der Waals surface area contributed by atoms with Crippen molar-refractivity contribution in [2.75, 3.05) is 19.4 Å². The molecule has 1 N–H and O–H groups in total. The minimum absolute atomic E-state index is 0.0416. The van der Waals surface area contributed by atoms with E-state index in [1.54, 1.807) is 20.8 Å². The third-order valence-corrected chi connectivity index (χ3v) is 5.32. The zero-order chi connectivity index (χ0) is 18.6. The summed E-state index contributed by atoms with van der Waals surface area (Å²) in [7, 11) is -3.47. The van der Waals surface area contributed by atoms with Crippen LogP contribution in [0.15, 0.2) is 0 Å². The Morgan fingerprint density at radius 2 is 1.65 bits per heavy atom. The number of nitrogens with zero attached hydrogens (tertiary/aromatic N) is 1. The van der Waals surface area contributed by atoms with E-state index in [1.165, 1.54) is 4.31 Å². The van der Waals surface area contributed by atoms with E-state index in [0.29, 0.717) is 0 Å². The molecule has 0 heterocycles. The second-order valence-electron chi connectivity index (χ2n) is 7.73. The molecule has 1 unspecified atom stereocenters. The van der Waals surface area contributed by atoms with Crippen molar-refractivity contribution in [1.82, 2.24) is 4.31 Å². The second kappa shape index (κ2) is 8.35. The molecule has 0 saturated heterocycles. The van der Waals surface area contributed by atoms with Gasteiger partial charge in [0.1, 0.15) is 0 Å². The molecule has 0 saturated carbocycles. The summed E-state index contributed by atoms with van der Waals surface area (Å²) in [4.78, 5) is 0. The highest BCUT2D eigenvalue weighted by Crippen LogP contribution is 2.25. The van der Waals surface area contributed by atoms with E-state index in [9.17, 15) is 12.6 Å². The first-order valence-corrected chi connectivity index (χ1v) is 10.3. The normalized spacial score (nSPS) is 18.0. The summed E-state index contributed by atoms with van der Waals surface area (Å²) in [5.74, 6) is 0. The first-order valence-electron chi connectivity index (χ1n) is 7.42. The topological polar surface area (TPSA) is 93.1 Å². The smallest absolute Gasteiger partial charge is 0.301 e. The Labute approximate surface area is 143 Å². The Morgan fingerprint density at radius 3 is 1.96 bits per heavy atom. The Bertz CT molecular complexity index is 492. The zero-order valence-electron chi connectivity index (χ0n) is 15.3. The molecular formula is C14H31NO6S2. The Balaban J connectivity index is 5.30. The van der Waals surface area contributed by atoms with Crippen molar-refractivity contribution >= 4 is 21.4 Å². The molecule has 0 bridgehead atoms. The summed E-state index contributed by atoms with van der Waals surface area (Å²) in [6.45, 7) is 13.1. The molecule has 23 heavy (non-hydrogen) atoms. The number of ether oxygens (including phenoxy) is 1. The van der Waals surface area contributed by atoms with Gasteiger partial charge >= 0.3 is 11.4 Å². The minimum Gasteiger partial charge on any atom is -0.371 e. The van der Waals surface area contributed by atoms with Gasteiger partial charge in [0.15, 0.2) is 0 Å². The lowest BCUT2D eigenvalue weighted by Crippen LogP contribution is -2.51. The Kier molecular flexibility index (Phi) is 8.33. The third-order valence-electron chi connectivity index (χ3n) is 3.49. The molecule has 0 aromatic rings. The fraction of sp³-hybridized carbons (Fsp3) is 1.00. The second-order valence-corrected chi connectivity index (χ2v) is 10.3. The van der Waals surface area contributed by atoms with Crippen molar-refractivity contribution in [1.29, 1.82) is 0 Å². The third kappa shape index (κ3) is 9.11. The van der Waals surface area contributed by atoms with Crippen LogP contribution >= 0.6 is 0 Å². The summed E-state index contributed by atoms with van der Waals surface area (Å²) in [6, 6.07) is 0. The molecule has 0 aliphatic rings. The van der Waals surface area contributed by atoms with Crippen LogP contribution in [0.4, 0.5) is 0 Å². The first-order chi connectivity index (χ1) is 10.0. The predicted octanol–water partition coefficient (Wildman–Crippen LogP) is 2.02. The van der Waals surface area contributed by atoms with Crippen LogP contribution in [0, 0.1) is 5.41 Å². The van der Waals surface area contributed by atoms with Gasteiger partial charge in [-0.15, -0.1) is 0 Å². The van der Waals surface area contributed by atoms with E-state index >= 15 is 0 Å². The summed E-state index contributed by atoms with van der Waals surface area (Å²) in [5.41, 5.74) is -0.799. The molecule has 7 nitrogen and oxygen atoms in total. The zero-order valence-corrected chi connectivity index (χ0v) is 17.0. The van der Waals surface area contributed by atoms with E-state index in [-0.39, 0.29) is 24.7 Å². The van der Waals surface area contributed by atoms with Crippen LogP contribution in [0.1, 0.15) is 48.5 Å². The largest absolute Gasteiger partial charge is 0.371 e. The maximum atomic E-state index is 12.1. The molecule has 0 spiro atoms. The van der Waals surface area contributed by atoms with E-state index in [2.05, 4.69) is 0 Å². The van der Waals surface area contributed by atoms with Crippen LogP contribution in [0.5, 0.6) is 0 Å². The van der Waals surface area contributed by atoms with Crippen molar-refractivity contribution in [3.8, 4) is 0 Å². The molecule has 0 amide bonds. The molecule has 9 heteroatoms. The van der Waals surface area contributed by atoms with Crippen LogP contribution in [0.3, 0.4) is 0 Å². The summed E-state index contributed by atoms with van der Waals surface area (Å²) in [5, 5.41) is 0. The standard InChI is InChI=1S/C14H31NO6S2/c1-11(13(2,3)4)21-12(10-20-22(16)17)9-15(14(5,6)7)23(8,18)19/h11-12H,9-10H2,1-8H3,(H,16,17)/t11-,12-/m0/s1. The molecule has 0 radical (unpaired) electrons. The van der Waals surface area contributed by atoms with Gasteiger partial charge in [0.05, 0.1) is 25.1 Å². The van der Waals surface area contributed by atoms with Gasteiger partial charge in [-0.1, -0.05) is 20.8 Å². The SMILES string of the molecule is C[C@H](O[C@H](COS(=O)O)CN(C(C)(C)C)S(C)(=O)=O)C(C)(C)C. The molecular weight excluding hydrogens is 342 g/mol. The monoisotopic (exact) mass is 373 g/mol. The average molecular weight is 374 g/mol. The molecule has 3 atom stereocenters. The molecule has 0 aromatic carbocycles. The van der Waals surface area contributed by atoms with Gasteiger partial charge in [0.2, 0.25) is 10.0 Å². The summed E-state index contributed by atoms with van der Waals surface area (Å²) in [6.07, 6.45) is 0.284. The van der Waals surface area contributed by atoms with E-state index in [0.717, 1.165) is 6.26 Å². The highest BCUT2D eigenvalue weighted by molar-refractivity contribution is 7.88. The Hall–Kier alpha value is -0.0600. The van der Waals surface area contributed by atoms with Gasteiger partial charge in [0, 0.05) is 12.1 Å². The highest BCUT2D eigenvalue weighted by atomic mass is 32.2. The molecule has 0 aromatic heterocycles. The van der Waals surface area contributed by atoms with Crippen LogP contribution in [-0.4, -0.2) is 58.6 Å². The lowest BCUT2D eigenvalue weighted by molar-refractivity contribution is -0.0788. The van der Waals surface area contributed by atoms with Gasteiger partial charge in [-0.2, -0.15) is 8.51 Å². The van der Waals surface area contributed by atoms with Gasteiger partial charge in [-0.3, -0.25) is 8.74 Å². The fourth-order valence-corrected chi connectivity index (χ4v) is 3.55. The van der Waals surface area contributed by atoms with Crippen molar-refractivity contribution in [3.05, 3.63) is 0 Å². The van der Waals surface area contributed by atoms with Crippen molar-refractivity contribution < 1.29 is 26.1 Å². The molecule has 0 rings (SSSR count). The van der Waals surface area contributed by atoms with Crippen LogP contribution < -0.4 is 0 Å². The molecule has 0 aliphatic heterocycles. The van der Waals surface area contributed by atoms with Crippen molar-refractivity contribution in [2.24, 2.45) is 5.41 Å². The first kappa shape index (κ1) is 22.9. The van der Waals surface area contributed by atoms with Crippen molar-refractivity contribution in [3.63, 3.8) is 0 Å². The average Bonchev–Trinajstić information content (AvgIpc) is 2.27. The number of sulfonamides is 1.